The maximum absolute atomic E-state index is 13.5. The number of amides is 2. The lowest BCUT2D eigenvalue weighted by Crippen LogP contribution is -2.50. The van der Waals surface area contributed by atoms with Crippen molar-refractivity contribution in [3.05, 3.63) is 41.7 Å². The maximum Gasteiger partial charge on any atom is 0.270 e. The summed E-state index contributed by atoms with van der Waals surface area (Å²) in [5.74, 6) is 0.717. The van der Waals surface area contributed by atoms with Gasteiger partial charge in [0.25, 0.3) is 5.91 Å². The zero-order chi connectivity index (χ0) is 23.8. The lowest BCUT2D eigenvalue weighted by molar-refractivity contribution is -0.119. The molecule has 2 fully saturated rings. The minimum absolute atomic E-state index is 0.123. The van der Waals surface area contributed by atoms with E-state index in [9.17, 15) is 9.59 Å². The third-order valence-corrected chi connectivity index (χ3v) is 6.84. The molecule has 10 heteroatoms. The van der Waals surface area contributed by atoms with Crippen molar-refractivity contribution in [3.8, 4) is 11.1 Å². The van der Waals surface area contributed by atoms with Gasteiger partial charge < -0.3 is 5.32 Å². The summed E-state index contributed by atoms with van der Waals surface area (Å²) in [6.45, 7) is 6.37. The molecule has 10 nitrogen and oxygen atoms in total. The highest BCUT2D eigenvalue weighted by atomic mass is 16.2. The van der Waals surface area contributed by atoms with Gasteiger partial charge in [0.2, 0.25) is 11.9 Å². The Morgan fingerprint density at radius 1 is 1.15 bits per heavy atom. The first-order valence-corrected chi connectivity index (χ1v) is 11.9. The molecule has 3 aromatic heterocycles. The lowest BCUT2D eigenvalue weighted by Gasteiger charge is -2.27. The van der Waals surface area contributed by atoms with Gasteiger partial charge in [-0.3, -0.25) is 24.7 Å². The number of rotatable bonds is 9. The van der Waals surface area contributed by atoms with Crippen molar-refractivity contribution in [1.29, 1.82) is 0 Å². The molecule has 0 spiro atoms. The van der Waals surface area contributed by atoms with Crippen LogP contribution in [0.2, 0.25) is 0 Å². The minimum atomic E-state index is -0.644. The molecule has 0 saturated heterocycles. The molecule has 178 valence electrons. The summed E-state index contributed by atoms with van der Waals surface area (Å²) < 4.78 is 1.63. The van der Waals surface area contributed by atoms with Crippen LogP contribution >= 0.6 is 0 Å². The number of carbonyl (C=O) groups excluding carboxylic acids is 2. The Bertz CT molecular complexity index is 1160. The molecule has 2 aliphatic carbocycles. The summed E-state index contributed by atoms with van der Waals surface area (Å²) in [6.07, 6.45) is 9.36. The van der Waals surface area contributed by atoms with Crippen LogP contribution in [0.25, 0.3) is 11.1 Å². The van der Waals surface area contributed by atoms with Crippen LogP contribution in [-0.4, -0.2) is 47.8 Å². The second-order valence-corrected chi connectivity index (χ2v) is 9.33. The molecular weight excluding hydrogens is 432 g/mol. The zero-order valence-corrected chi connectivity index (χ0v) is 19.7. The van der Waals surface area contributed by atoms with E-state index in [1.807, 2.05) is 20.8 Å². The molecule has 0 aliphatic heterocycles. The summed E-state index contributed by atoms with van der Waals surface area (Å²) >= 11 is 0. The Morgan fingerprint density at radius 2 is 1.82 bits per heavy atom. The van der Waals surface area contributed by atoms with Gasteiger partial charge >= 0.3 is 0 Å². The molecule has 0 radical (unpaired) electrons. The van der Waals surface area contributed by atoms with Gasteiger partial charge in [-0.15, -0.1) is 0 Å². The average molecular weight is 463 g/mol. The number of carbonyl (C=O) groups is 2. The molecular formula is C24H30N8O2. The van der Waals surface area contributed by atoms with Gasteiger partial charge in [0, 0.05) is 42.0 Å². The molecule has 2 amide bonds. The van der Waals surface area contributed by atoms with E-state index in [0.717, 1.165) is 48.2 Å². The van der Waals surface area contributed by atoms with Crippen molar-refractivity contribution in [3.63, 3.8) is 0 Å². The molecule has 2 saturated carbocycles. The second kappa shape index (κ2) is 9.00. The summed E-state index contributed by atoms with van der Waals surface area (Å²) in [5, 5.41) is 17.2. The summed E-state index contributed by atoms with van der Waals surface area (Å²) in [5.41, 5.74) is 4.04. The van der Waals surface area contributed by atoms with E-state index in [0.29, 0.717) is 24.1 Å². The fourth-order valence-electron chi connectivity index (χ4n) is 4.91. The highest BCUT2D eigenvalue weighted by Gasteiger charge is 2.48. The van der Waals surface area contributed by atoms with Crippen molar-refractivity contribution in [2.75, 3.05) is 5.32 Å². The van der Waals surface area contributed by atoms with E-state index in [-0.39, 0.29) is 23.7 Å². The number of aromatic nitrogens is 6. The molecule has 3 N–H and O–H groups in total. The first-order valence-electron chi connectivity index (χ1n) is 11.9. The lowest BCUT2D eigenvalue weighted by atomic mass is 9.88. The number of hydrogen-bond donors (Lipinski definition) is 3. The first-order chi connectivity index (χ1) is 16.5. The first kappa shape index (κ1) is 22.2. The maximum atomic E-state index is 13.5. The molecule has 0 unspecified atom stereocenters. The molecule has 34 heavy (non-hydrogen) atoms. The number of H-pyrrole nitrogens is 1. The number of nitrogens with one attached hydrogen (secondary N) is 3. The number of hydrogen-bond acceptors (Lipinski definition) is 6. The molecule has 5 rings (SSSR count). The fraction of sp³-hybridized carbons (Fsp3) is 0.500. The Hall–Kier alpha value is -3.56. The van der Waals surface area contributed by atoms with Crippen LogP contribution in [0.5, 0.6) is 0 Å². The predicted molar refractivity (Wildman–Crippen MR) is 126 cm³/mol. The van der Waals surface area contributed by atoms with Crippen LogP contribution in [-0.2, 0) is 11.3 Å². The molecule has 2 aliphatic rings. The molecule has 0 bridgehead atoms. The van der Waals surface area contributed by atoms with E-state index in [2.05, 4.69) is 35.9 Å². The molecule has 3 heterocycles. The Balaban J connectivity index is 1.35. The standard InChI is InChI=1S/C24H30N8O2/c1-4-32-18(9-10-27-32)22(33)28-21(20(15-5-6-15)16-7-8-16)23(34)29-24-25-11-17(12-26-24)19-13(2)30-31-14(19)3/h9-12,15-16,20-21H,4-8H2,1-3H3,(H,28,33)(H,30,31)(H,25,26,29,34)/t21-/m0/s1. The Morgan fingerprint density at radius 3 is 2.38 bits per heavy atom. The summed E-state index contributed by atoms with van der Waals surface area (Å²) in [7, 11) is 0. The average Bonchev–Trinajstić information content (AvgIpc) is 3.76. The normalized spacial score (nSPS) is 16.5. The van der Waals surface area contributed by atoms with Crippen molar-refractivity contribution in [2.24, 2.45) is 17.8 Å². The topological polar surface area (TPSA) is 130 Å². The van der Waals surface area contributed by atoms with Crippen LogP contribution in [0.1, 0.15) is 54.5 Å². The number of aromatic amines is 1. The van der Waals surface area contributed by atoms with Crippen LogP contribution in [0, 0.1) is 31.6 Å². The highest BCUT2D eigenvalue weighted by Crippen LogP contribution is 2.50. The largest absolute Gasteiger partial charge is 0.339 e. The fourth-order valence-corrected chi connectivity index (χ4v) is 4.91. The van der Waals surface area contributed by atoms with Gasteiger partial charge in [0.15, 0.2) is 0 Å². The van der Waals surface area contributed by atoms with Crippen molar-refractivity contribution < 1.29 is 9.59 Å². The predicted octanol–water partition coefficient (Wildman–Crippen LogP) is 2.87. The number of anilines is 1. The van der Waals surface area contributed by atoms with E-state index in [1.165, 1.54) is 0 Å². The number of nitrogens with zero attached hydrogens (tertiary/aromatic N) is 5. The monoisotopic (exact) mass is 462 g/mol. The smallest absolute Gasteiger partial charge is 0.270 e. The SMILES string of the molecule is CCn1nccc1C(=O)N[C@H](C(=O)Nc1ncc(-c2c(C)n[nH]c2C)cn1)C(C1CC1)C1CC1. The summed E-state index contributed by atoms with van der Waals surface area (Å²) in [6, 6.07) is 1.04. The molecule has 3 aromatic rings. The number of aryl methyl sites for hydroxylation is 3. The molecule has 0 aromatic carbocycles. The van der Waals surface area contributed by atoms with Crippen LogP contribution in [0.4, 0.5) is 5.95 Å². The molecule has 1 atom stereocenters. The van der Waals surface area contributed by atoms with E-state index in [1.54, 1.807) is 29.3 Å². The van der Waals surface area contributed by atoms with Crippen LogP contribution < -0.4 is 10.6 Å². The van der Waals surface area contributed by atoms with Crippen LogP contribution in [0.15, 0.2) is 24.7 Å². The third kappa shape index (κ3) is 4.44. The van der Waals surface area contributed by atoms with E-state index >= 15 is 0 Å². The van der Waals surface area contributed by atoms with Gasteiger partial charge in [0.05, 0.1) is 5.69 Å². The van der Waals surface area contributed by atoms with Gasteiger partial charge in [-0.05, 0) is 70.3 Å². The van der Waals surface area contributed by atoms with E-state index < -0.39 is 6.04 Å². The second-order valence-electron chi connectivity index (χ2n) is 9.33. The quantitative estimate of drug-likeness (QED) is 0.448. The Kier molecular flexibility index (Phi) is 5.89. The van der Waals surface area contributed by atoms with Crippen LogP contribution in [0.3, 0.4) is 0 Å². The van der Waals surface area contributed by atoms with E-state index in [4.69, 9.17) is 0 Å². The zero-order valence-electron chi connectivity index (χ0n) is 19.7. The minimum Gasteiger partial charge on any atom is -0.339 e. The van der Waals surface area contributed by atoms with Gasteiger partial charge in [-0.1, -0.05) is 0 Å². The summed E-state index contributed by atoms with van der Waals surface area (Å²) in [4.78, 5) is 35.3. The van der Waals surface area contributed by atoms with Crippen molar-refractivity contribution in [2.45, 2.75) is 59.0 Å². The van der Waals surface area contributed by atoms with Gasteiger partial charge in [-0.2, -0.15) is 10.2 Å². The van der Waals surface area contributed by atoms with Crippen molar-refractivity contribution in [1.82, 2.24) is 35.3 Å². The van der Waals surface area contributed by atoms with Crippen molar-refractivity contribution >= 4 is 17.8 Å². The highest BCUT2D eigenvalue weighted by molar-refractivity contribution is 6.00. The Labute approximate surface area is 198 Å². The van der Waals surface area contributed by atoms with Gasteiger partial charge in [0.1, 0.15) is 11.7 Å². The van der Waals surface area contributed by atoms with Gasteiger partial charge in [-0.25, -0.2) is 9.97 Å². The third-order valence-electron chi connectivity index (χ3n) is 6.84.